The van der Waals surface area contributed by atoms with E-state index in [1.165, 1.54) is 32.1 Å². The number of likely N-dealkylation sites (N-methyl/N-ethyl adjacent to an activating group) is 1. The number of hydrogen-bond donors (Lipinski definition) is 1. The minimum absolute atomic E-state index is 0.654. The molecule has 0 saturated carbocycles. The van der Waals surface area contributed by atoms with Gasteiger partial charge in [0.15, 0.2) is 0 Å². The van der Waals surface area contributed by atoms with Crippen LogP contribution >= 0.6 is 0 Å². The Labute approximate surface area is 118 Å². The zero-order chi connectivity index (χ0) is 13.7. The van der Waals surface area contributed by atoms with Crippen LogP contribution in [0.15, 0.2) is 24.3 Å². The van der Waals surface area contributed by atoms with Crippen LogP contribution in [0.1, 0.15) is 63.5 Å². The highest BCUT2D eigenvalue weighted by atomic mass is 14.9. The van der Waals surface area contributed by atoms with Crippen molar-refractivity contribution in [2.75, 3.05) is 6.54 Å². The van der Waals surface area contributed by atoms with E-state index in [9.17, 15) is 0 Å². The van der Waals surface area contributed by atoms with Crippen molar-refractivity contribution in [3.8, 4) is 0 Å². The Morgan fingerprint density at radius 3 is 2.58 bits per heavy atom. The number of nitrogens with one attached hydrogen (secondary N) is 1. The second-order valence-electron chi connectivity index (χ2n) is 5.86. The van der Waals surface area contributed by atoms with Gasteiger partial charge in [-0.3, -0.25) is 0 Å². The van der Waals surface area contributed by atoms with Crippen molar-refractivity contribution in [1.82, 2.24) is 5.32 Å². The summed E-state index contributed by atoms with van der Waals surface area (Å²) in [5.41, 5.74) is 3.21. The molecule has 2 unspecified atom stereocenters. The molecule has 1 aliphatic rings. The van der Waals surface area contributed by atoms with Gasteiger partial charge in [0, 0.05) is 6.04 Å². The molecule has 0 amide bonds. The smallest absolute Gasteiger partial charge is 0.0164 e. The Morgan fingerprint density at radius 1 is 1.16 bits per heavy atom. The highest BCUT2D eigenvalue weighted by molar-refractivity contribution is 5.34. The number of rotatable bonds is 6. The van der Waals surface area contributed by atoms with Crippen molar-refractivity contribution in [2.24, 2.45) is 5.92 Å². The van der Waals surface area contributed by atoms with E-state index in [4.69, 9.17) is 0 Å². The molecule has 2 rings (SSSR count). The van der Waals surface area contributed by atoms with Crippen molar-refractivity contribution >= 4 is 0 Å². The topological polar surface area (TPSA) is 12.0 Å². The molecule has 1 N–H and O–H groups in total. The first-order valence-corrected chi connectivity index (χ1v) is 8.12. The normalized spacial score (nSPS) is 20.3. The summed E-state index contributed by atoms with van der Waals surface area (Å²) >= 11 is 0. The average Bonchev–Trinajstić information content (AvgIpc) is 2.47. The third kappa shape index (κ3) is 3.20. The molecule has 106 valence electrons. The largest absolute Gasteiger partial charge is 0.313 e. The molecule has 0 aliphatic heterocycles. The zero-order valence-electron chi connectivity index (χ0n) is 12.8. The number of benzene rings is 1. The molecule has 2 atom stereocenters. The Kier molecular flexibility index (Phi) is 5.45. The first kappa shape index (κ1) is 14.6. The fraction of sp³-hybridized carbons (Fsp3) is 0.667. The lowest BCUT2D eigenvalue weighted by molar-refractivity contribution is 0.277. The molecule has 1 aromatic carbocycles. The summed E-state index contributed by atoms with van der Waals surface area (Å²) < 4.78 is 0. The van der Waals surface area contributed by atoms with Crippen LogP contribution in [0.3, 0.4) is 0 Å². The standard InChI is InChI=1S/C18H29N/c1-4-14(5-2)18(19-6-3)17-13-9-11-15-10-7-8-12-16(15)17/h7-8,10,12,14,17-19H,4-6,9,11,13H2,1-3H3. The van der Waals surface area contributed by atoms with Gasteiger partial charge in [0.1, 0.15) is 0 Å². The molecule has 19 heavy (non-hydrogen) atoms. The van der Waals surface area contributed by atoms with Crippen LogP contribution in [0.4, 0.5) is 0 Å². The summed E-state index contributed by atoms with van der Waals surface area (Å²) in [5.74, 6) is 1.52. The van der Waals surface area contributed by atoms with Crippen LogP contribution in [0.5, 0.6) is 0 Å². The monoisotopic (exact) mass is 259 g/mol. The summed E-state index contributed by atoms with van der Waals surface area (Å²) in [4.78, 5) is 0. The maximum absolute atomic E-state index is 3.80. The van der Waals surface area contributed by atoms with Gasteiger partial charge in [-0.05, 0) is 48.8 Å². The predicted octanol–water partition coefficient (Wildman–Crippen LogP) is 4.52. The molecule has 0 heterocycles. The third-order valence-corrected chi connectivity index (χ3v) is 4.85. The molecule has 1 heteroatoms. The molecular weight excluding hydrogens is 230 g/mol. The quantitative estimate of drug-likeness (QED) is 0.792. The Bertz CT molecular complexity index is 381. The highest BCUT2D eigenvalue weighted by Gasteiger charge is 2.31. The fourth-order valence-electron chi connectivity index (χ4n) is 3.83. The summed E-state index contributed by atoms with van der Waals surface area (Å²) in [6.45, 7) is 8.00. The first-order chi connectivity index (χ1) is 9.31. The average molecular weight is 259 g/mol. The van der Waals surface area contributed by atoms with Gasteiger partial charge < -0.3 is 5.32 Å². The van der Waals surface area contributed by atoms with E-state index in [0.29, 0.717) is 6.04 Å². The molecule has 1 aromatic rings. The predicted molar refractivity (Wildman–Crippen MR) is 83.7 cm³/mol. The van der Waals surface area contributed by atoms with Crippen molar-refractivity contribution < 1.29 is 0 Å². The summed E-state index contributed by atoms with van der Waals surface area (Å²) in [5, 5.41) is 3.80. The van der Waals surface area contributed by atoms with E-state index < -0.39 is 0 Å². The van der Waals surface area contributed by atoms with Crippen molar-refractivity contribution in [2.45, 2.75) is 64.8 Å². The van der Waals surface area contributed by atoms with Gasteiger partial charge in [-0.25, -0.2) is 0 Å². The fourth-order valence-corrected chi connectivity index (χ4v) is 3.83. The minimum atomic E-state index is 0.654. The van der Waals surface area contributed by atoms with Gasteiger partial charge in [-0.2, -0.15) is 0 Å². The minimum Gasteiger partial charge on any atom is -0.313 e. The molecular formula is C18H29N. The maximum atomic E-state index is 3.80. The van der Waals surface area contributed by atoms with Crippen LogP contribution in [0.2, 0.25) is 0 Å². The first-order valence-electron chi connectivity index (χ1n) is 8.12. The van der Waals surface area contributed by atoms with E-state index in [2.05, 4.69) is 50.4 Å². The van der Waals surface area contributed by atoms with Crippen molar-refractivity contribution in [3.05, 3.63) is 35.4 Å². The summed E-state index contributed by atoms with van der Waals surface area (Å²) in [6.07, 6.45) is 6.54. The lowest BCUT2D eigenvalue weighted by Gasteiger charge is -2.37. The zero-order valence-corrected chi connectivity index (χ0v) is 12.8. The van der Waals surface area contributed by atoms with Crippen molar-refractivity contribution in [1.29, 1.82) is 0 Å². The summed E-state index contributed by atoms with van der Waals surface area (Å²) in [7, 11) is 0. The molecule has 1 aliphatic carbocycles. The molecule has 0 fully saturated rings. The van der Waals surface area contributed by atoms with Gasteiger partial charge in [0.25, 0.3) is 0 Å². The molecule has 0 saturated heterocycles. The molecule has 0 aromatic heterocycles. The Hall–Kier alpha value is -0.820. The second kappa shape index (κ2) is 7.09. The van der Waals surface area contributed by atoms with Gasteiger partial charge in [0.2, 0.25) is 0 Å². The molecule has 0 bridgehead atoms. The number of hydrogen-bond acceptors (Lipinski definition) is 1. The second-order valence-corrected chi connectivity index (χ2v) is 5.86. The Balaban J connectivity index is 2.27. The Morgan fingerprint density at radius 2 is 1.89 bits per heavy atom. The van der Waals surface area contributed by atoms with Gasteiger partial charge in [-0.1, -0.05) is 57.9 Å². The maximum Gasteiger partial charge on any atom is 0.0164 e. The number of fused-ring (bicyclic) bond motifs is 1. The van der Waals surface area contributed by atoms with E-state index in [0.717, 1.165) is 18.4 Å². The van der Waals surface area contributed by atoms with Gasteiger partial charge >= 0.3 is 0 Å². The van der Waals surface area contributed by atoms with Crippen LogP contribution < -0.4 is 5.32 Å². The molecule has 0 radical (unpaired) electrons. The summed E-state index contributed by atoms with van der Waals surface area (Å²) in [6, 6.07) is 9.76. The van der Waals surface area contributed by atoms with Crippen LogP contribution in [0, 0.1) is 5.92 Å². The van der Waals surface area contributed by atoms with Crippen molar-refractivity contribution in [3.63, 3.8) is 0 Å². The highest BCUT2D eigenvalue weighted by Crippen LogP contribution is 2.37. The third-order valence-electron chi connectivity index (χ3n) is 4.85. The van der Waals surface area contributed by atoms with Gasteiger partial charge in [0.05, 0.1) is 0 Å². The van der Waals surface area contributed by atoms with E-state index >= 15 is 0 Å². The van der Waals surface area contributed by atoms with Gasteiger partial charge in [-0.15, -0.1) is 0 Å². The SMILES string of the molecule is CCNC(C(CC)CC)C1CCCc2ccccc21. The van der Waals surface area contributed by atoms with E-state index in [1.807, 2.05) is 0 Å². The molecule has 0 spiro atoms. The van der Waals surface area contributed by atoms with Crippen LogP contribution in [0.25, 0.3) is 0 Å². The lowest BCUT2D eigenvalue weighted by Crippen LogP contribution is -2.42. The number of aryl methyl sites for hydroxylation is 1. The van der Waals surface area contributed by atoms with E-state index in [1.54, 1.807) is 11.1 Å². The van der Waals surface area contributed by atoms with Crippen LogP contribution in [-0.2, 0) is 6.42 Å². The van der Waals surface area contributed by atoms with E-state index in [-0.39, 0.29) is 0 Å². The lowest BCUT2D eigenvalue weighted by atomic mass is 9.73. The molecule has 1 nitrogen and oxygen atoms in total. The van der Waals surface area contributed by atoms with Crippen LogP contribution in [-0.4, -0.2) is 12.6 Å².